The first kappa shape index (κ1) is 24.5. The summed E-state index contributed by atoms with van der Waals surface area (Å²) in [7, 11) is 0. The van der Waals surface area contributed by atoms with Gasteiger partial charge in [0.25, 0.3) is 0 Å². The van der Waals surface area contributed by atoms with Crippen LogP contribution in [0.5, 0.6) is 0 Å². The van der Waals surface area contributed by atoms with E-state index in [0.29, 0.717) is 0 Å². The fourth-order valence-electron chi connectivity index (χ4n) is 7.58. The molecule has 0 saturated heterocycles. The Hall–Kier alpha value is -5.99. The Bertz CT molecular complexity index is 2600. The van der Waals surface area contributed by atoms with Crippen LogP contribution in [0.4, 0.5) is 0 Å². The van der Waals surface area contributed by atoms with Crippen molar-refractivity contribution in [2.24, 2.45) is 0 Å². The molecule has 2 nitrogen and oxygen atoms in total. The molecular formula is C43H26N2. The second-order valence-corrected chi connectivity index (χ2v) is 11.9. The van der Waals surface area contributed by atoms with E-state index in [2.05, 4.69) is 150 Å². The van der Waals surface area contributed by atoms with Crippen molar-refractivity contribution in [1.82, 2.24) is 9.55 Å². The molecule has 10 rings (SSSR count). The van der Waals surface area contributed by atoms with Gasteiger partial charge >= 0.3 is 0 Å². The number of hydrogen-bond acceptors (Lipinski definition) is 1. The molecule has 0 N–H and O–H groups in total. The van der Waals surface area contributed by atoms with Crippen LogP contribution in [-0.4, -0.2) is 9.55 Å². The van der Waals surface area contributed by atoms with Crippen molar-refractivity contribution < 1.29 is 0 Å². The van der Waals surface area contributed by atoms with E-state index in [1.54, 1.807) is 0 Å². The number of hydrogen-bond donors (Lipinski definition) is 0. The summed E-state index contributed by atoms with van der Waals surface area (Å²) in [6.07, 6.45) is 1.90. The minimum absolute atomic E-state index is 1.04. The first-order chi connectivity index (χ1) is 22.3. The van der Waals surface area contributed by atoms with E-state index in [4.69, 9.17) is 4.98 Å². The van der Waals surface area contributed by atoms with Crippen LogP contribution in [0.25, 0.3) is 93.7 Å². The van der Waals surface area contributed by atoms with E-state index in [-0.39, 0.29) is 0 Å². The maximum atomic E-state index is 4.86. The molecule has 0 saturated carbocycles. The summed E-state index contributed by atoms with van der Waals surface area (Å²) in [6.45, 7) is 0. The van der Waals surface area contributed by atoms with E-state index in [9.17, 15) is 0 Å². The number of rotatable bonds is 3. The maximum Gasteiger partial charge on any atom is 0.0802 e. The van der Waals surface area contributed by atoms with Crippen molar-refractivity contribution in [3.05, 3.63) is 158 Å². The summed E-state index contributed by atoms with van der Waals surface area (Å²) in [4.78, 5) is 4.86. The molecule has 0 unspecified atom stereocenters. The van der Waals surface area contributed by atoms with Crippen molar-refractivity contribution in [2.75, 3.05) is 0 Å². The molecule has 0 fully saturated rings. The molecule has 1 aliphatic carbocycles. The van der Waals surface area contributed by atoms with Gasteiger partial charge in [-0.15, -0.1) is 0 Å². The Labute approximate surface area is 260 Å². The highest BCUT2D eigenvalue weighted by Crippen LogP contribution is 2.49. The third kappa shape index (κ3) is 3.48. The van der Waals surface area contributed by atoms with Gasteiger partial charge in [0, 0.05) is 28.0 Å². The van der Waals surface area contributed by atoms with Crippen LogP contribution >= 0.6 is 0 Å². The lowest BCUT2D eigenvalue weighted by Gasteiger charge is -2.11. The predicted octanol–water partition coefficient (Wildman–Crippen LogP) is 11.5. The number of pyridine rings is 1. The molecule has 2 aromatic heterocycles. The van der Waals surface area contributed by atoms with Crippen molar-refractivity contribution in [3.8, 4) is 50.2 Å². The van der Waals surface area contributed by atoms with Crippen LogP contribution < -0.4 is 0 Å². The average molecular weight is 571 g/mol. The second kappa shape index (κ2) is 9.25. The van der Waals surface area contributed by atoms with Crippen LogP contribution in [-0.2, 0) is 0 Å². The molecule has 0 amide bonds. The zero-order valence-electron chi connectivity index (χ0n) is 24.4. The van der Waals surface area contributed by atoms with Crippen molar-refractivity contribution in [3.63, 3.8) is 0 Å². The van der Waals surface area contributed by atoms with Gasteiger partial charge in [-0.2, -0.15) is 0 Å². The number of benzene rings is 7. The van der Waals surface area contributed by atoms with Gasteiger partial charge in [0.15, 0.2) is 0 Å². The molecule has 7 aromatic carbocycles. The Kier molecular flexibility index (Phi) is 5.03. The average Bonchev–Trinajstić information content (AvgIpc) is 3.63. The Morgan fingerprint density at radius 2 is 1.09 bits per heavy atom. The van der Waals surface area contributed by atoms with Crippen molar-refractivity contribution in [2.45, 2.75) is 0 Å². The van der Waals surface area contributed by atoms with Gasteiger partial charge in [-0.05, 0) is 91.7 Å². The van der Waals surface area contributed by atoms with Gasteiger partial charge in [0.1, 0.15) is 0 Å². The van der Waals surface area contributed by atoms with E-state index in [1.807, 2.05) is 12.3 Å². The monoisotopic (exact) mass is 570 g/mol. The normalized spacial score (nSPS) is 12.0. The van der Waals surface area contributed by atoms with E-state index < -0.39 is 0 Å². The van der Waals surface area contributed by atoms with Gasteiger partial charge in [-0.1, -0.05) is 115 Å². The largest absolute Gasteiger partial charge is 0.309 e. The van der Waals surface area contributed by atoms with Crippen molar-refractivity contribution in [1.29, 1.82) is 0 Å². The lowest BCUT2D eigenvalue weighted by molar-refractivity contribution is 1.18. The molecule has 2 heteroatoms. The molecule has 0 aliphatic heterocycles. The number of nitrogens with zero attached hydrogens (tertiary/aromatic N) is 2. The topological polar surface area (TPSA) is 17.8 Å². The van der Waals surface area contributed by atoms with E-state index in [0.717, 1.165) is 16.6 Å². The van der Waals surface area contributed by atoms with Crippen LogP contribution in [0, 0.1) is 0 Å². The molecule has 0 bridgehead atoms. The smallest absolute Gasteiger partial charge is 0.0802 e. The summed E-state index contributed by atoms with van der Waals surface area (Å²) in [5.41, 5.74) is 14.8. The predicted molar refractivity (Wildman–Crippen MR) is 189 cm³/mol. The second-order valence-electron chi connectivity index (χ2n) is 11.9. The third-order valence-corrected chi connectivity index (χ3v) is 9.59. The van der Waals surface area contributed by atoms with Crippen molar-refractivity contribution >= 4 is 43.5 Å². The highest BCUT2D eigenvalue weighted by molar-refractivity contribution is 6.21. The standard InChI is InChI=1S/C43H26N2/c1-2-9-31(10-3-1)45-39-23-20-30(26-38(39)42-40(45)24-19-29-8-7-25-44-43(29)42)27-15-17-28(18-16-27)32-21-22-37-34-12-5-4-11-33(34)36-14-6-13-35(32)41(36)37/h1-26H. The quantitative estimate of drug-likeness (QED) is 0.207. The van der Waals surface area contributed by atoms with E-state index >= 15 is 0 Å². The van der Waals surface area contributed by atoms with Crippen LogP contribution in [0.15, 0.2) is 158 Å². The SMILES string of the molecule is c1ccc(-n2c3ccc(-c4ccc(-c5ccc6c7c(cccc57)-c5ccccc5-6)cc4)cc3c3c4ncccc4ccc32)cc1. The summed E-state index contributed by atoms with van der Waals surface area (Å²) >= 11 is 0. The van der Waals surface area contributed by atoms with Crippen LogP contribution in [0.2, 0.25) is 0 Å². The first-order valence-electron chi connectivity index (χ1n) is 15.5. The molecule has 0 radical (unpaired) electrons. The Morgan fingerprint density at radius 3 is 1.93 bits per heavy atom. The minimum Gasteiger partial charge on any atom is -0.309 e. The van der Waals surface area contributed by atoms with E-state index in [1.165, 1.54) is 77.1 Å². The fraction of sp³-hybridized carbons (Fsp3) is 0. The molecule has 0 spiro atoms. The minimum atomic E-state index is 1.04. The third-order valence-electron chi connectivity index (χ3n) is 9.59. The fourth-order valence-corrected chi connectivity index (χ4v) is 7.58. The molecule has 1 aliphatic rings. The lowest BCUT2D eigenvalue weighted by atomic mass is 9.93. The zero-order chi connectivity index (χ0) is 29.5. The maximum absolute atomic E-state index is 4.86. The summed E-state index contributed by atoms with van der Waals surface area (Å²) in [5, 5.41) is 6.23. The number of fused-ring (bicyclic) bond motifs is 8. The number of aromatic nitrogens is 2. The van der Waals surface area contributed by atoms with Crippen LogP contribution in [0.3, 0.4) is 0 Å². The first-order valence-corrected chi connectivity index (χ1v) is 15.5. The highest BCUT2D eigenvalue weighted by atomic mass is 15.0. The lowest BCUT2D eigenvalue weighted by Crippen LogP contribution is -1.93. The Morgan fingerprint density at radius 1 is 0.400 bits per heavy atom. The van der Waals surface area contributed by atoms with Crippen LogP contribution in [0.1, 0.15) is 0 Å². The van der Waals surface area contributed by atoms with Gasteiger partial charge in [-0.25, -0.2) is 0 Å². The summed E-state index contributed by atoms with van der Waals surface area (Å²) < 4.78 is 2.36. The van der Waals surface area contributed by atoms with Gasteiger partial charge in [0.05, 0.1) is 16.6 Å². The van der Waals surface area contributed by atoms with Gasteiger partial charge in [-0.3, -0.25) is 4.98 Å². The molecular weight excluding hydrogens is 544 g/mol. The van der Waals surface area contributed by atoms with Gasteiger partial charge in [0.2, 0.25) is 0 Å². The zero-order valence-corrected chi connectivity index (χ0v) is 24.4. The molecule has 0 atom stereocenters. The molecule has 2 heterocycles. The molecule has 45 heavy (non-hydrogen) atoms. The molecule has 208 valence electrons. The summed E-state index contributed by atoms with van der Waals surface area (Å²) in [6, 6.07) is 55.2. The Balaban J connectivity index is 1.13. The van der Waals surface area contributed by atoms with Gasteiger partial charge < -0.3 is 4.57 Å². The molecule has 9 aromatic rings. The summed E-state index contributed by atoms with van der Waals surface area (Å²) in [5.74, 6) is 0. The highest BCUT2D eigenvalue weighted by Gasteiger charge is 2.22. The number of para-hydroxylation sites is 1.